The van der Waals surface area contributed by atoms with Gasteiger partial charge in [-0.2, -0.15) is 0 Å². The lowest BCUT2D eigenvalue weighted by molar-refractivity contribution is -0.154. The van der Waals surface area contributed by atoms with Gasteiger partial charge in [-0.1, -0.05) is 38.2 Å². The third kappa shape index (κ3) is 1.76. The molecule has 16 heavy (non-hydrogen) atoms. The van der Waals surface area contributed by atoms with Gasteiger partial charge in [0.2, 0.25) is 0 Å². The van der Waals surface area contributed by atoms with Crippen molar-refractivity contribution < 1.29 is 14.7 Å². The second-order valence-electron chi connectivity index (χ2n) is 4.14. The van der Waals surface area contributed by atoms with Crippen molar-refractivity contribution in [1.29, 1.82) is 0 Å². The maximum absolute atomic E-state index is 11.9. The van der Waals surface area contributed by atoms with E-state index in [0.29, 0.717) is 12.7 Å². The fourth-order valence-electron chi connectivity index (χ4n) is 2.21. The first kappa shape index (κ1) is 12.8. The van der Waals surface area contributed by atoms with Crippen LogP contribution >= 0.6 is 0 Å². The van der Waals surface area contributed by atoms with Crippen molar-refractivity contribution in [3.05, 3.63) is 24.3 Å². The number of aldehydes is 1. The summed E-state index contributed by atoms with van der Waals surface area (Å²) in [5, 5.41) is 10.5. The van der Waals surface area contributed by atoms with E-state index in [2.05, 4.69) is 0 Å². The van der Waals surface area contributed by atoms with Crippen molar-refractivity contribution in [2.24, 2.45) is 5.41 Å². The first-order valence-electron chi connectivity index (χ1n) is 5.62. The summed E-state index contributed by atoms with van der Waals surface area (Å²) in [5.74, 6) is -0.276. The summed E-state index contributed by atoms with van der Waals surface area (Å²) in [7, 11) is 0. The number of Topliss-reactive ketones (excluding diaryl/α,β-unsaturated/α-hetero) is 1. The smallest absolute Gasteiger partial charge is 0.165 e. The quantitative estimate of drug-likeness (QED) is 0.722. The van der Waals surface area contributed by atoms with Crippen molar-refractivity contribution in [2.75, 3.05) is 0 Å². The van der Waals surface area contributed by atoms with Gasteiger partial charge >= 0.3 is 0 Å². The molecule has 0 radical (unpaired) electrons. The molecule has 0 spiro atoms. The molecule has 1 N–H and O–H groups in total. The predicted molar refractivity (Wildman–Crippen MR) is 61.9 cm³/mol. The van der Waals surface area contributed by atoms with Crippen molar-refractivity contribution in [3.8, 4) is 0 Å². The predicted octanol–water partition coefficient (Wildman–Crippen LogP) is 1.81. The minimum Gasteiger partial charge on any atom is -0.381 e. The standard InChI is InChI=1S/C13H18O3/c1-3-11(15)13(16,4-2)12(10-14)8-6-5-7-9-12/h5-8,10,16H,3-4,9H2,1-2H3/t12-,13+/m1/s1. The summed E-state index contributed by atoms with van der Waals surface area (Å²) in [6, 6.07) is 0. The Bertz CT molecular complexity index is 343. The van der Waals surface area contributed by atoms with Crippen molar-refractivity contribution in [1.82, 2.24) is 0 Å². The minimum absolute atomic E-state index is 0.234. The summed E-state index contributed by atoms with van der Waals surface area (Å²) in [6.07, 6.45) is 8.52. The highest BCUT2D eigenvalue weighted by atomic mass is 16.3. The molecule has 3 nitrogen and oxygen atoms in total. The topological polar surface area (TPSA) is 54.4 Å². The molecule has 0 aromatic rings. The zero-order chi connectivity index (χ0) is 12.2. The zero-order valence-corrected chi connectivity index (χ0v) is 9.77. The van der Waals surface area contributed by atoms with E-state index in [-0.39, 0.29) is 18.6 Å². The van der Waals surface area contributed by atoms with Crippen LogP contribution in [0.5, 0.6) is 0 Å². The Morgan fingerprint density at radius 3 is 2.56 bits per heavy atom. The molecule has 0 saturated heterocycles. The van der Waals surface area contributed by atoms with E-state index < -0.39 is 11.0 Å². The Morgan fingerprint density at radius 2 is 2.19 bits per heavy atom. The molecule has 0 saturated carbocycles. The molecule has 0 fully saturated rings. The van der Waals surface area contributed by atoms with E-state index in [1.54, 1.807) is 32.1 Å². The molecule has 0 aromatic heterocycles. The molecular formula is C13H18O3. The first-order chi connectivity index (χ1) is 7.56. The normalized spacial score (nSPS) is 27.4. The monoisotopic (exact) mass is 222 g/mol. The lowest BCUT2D eigenvalue weighted by Gasteiger charge is -2.40. The maximum Gasteiger partial charge on any atom is 0.165 e. The number of aliphatic hydroxyl groups is 1. The first-order valence-corrected chi connectivity index (χ1v) is 5.62. The molecule has 2 atom stereocenters. The van der Waals surface area contributed by atoms with Gasteiger partial charge in [0.25, 0.3) is 0 Å². The van der Waals surface area contributed by atoms with Crippen LogP contribution < -0.4 is 0 Å². The van der Waals surface area contributed by atoms with Crippen LogP contribution in [-0.4, -0.2) is 22.8 Å². The van der Waals surface area contributed by atoms with Gasteiger partial charge < -0.3 is 9.90 Å². The van der Waals surface area contributed by atoms with Gasteiger partial charge in [-0.3, -0.25) is 4.79 Å². The van der Waals surface area contributed by atoms with Gasteiger partial charge in [-0.15, -0.1) is 0 Å². The van der Waals surface area contributed by atoms with Crippen molar-refractivity contribution in [3.63, 3.8) is 0 Å². The zero-order valence-electron chi connectivity index (χ0n) is 9.77. The third-order valence-electron chi connectivity index (χ3n) is 3.37. The molecule has 3 heteroatoms. The summed E-state index contributed by atoms with van der Waals surface area (Å²) >= 11 is 0. The Balaban J connectivity index is 3.19. The van der Waals surface area contributed by atoms with E-state index in [1.807, 2.05) is 6.08 Å². The summed E-state index contributed by atoms with van der Waals surface area (Å²) in [5.41, 5.74) is -2.67. The van der Waals surface area contributed by atoms with Crippen LogP contribution in [0.25, 0.3) is 0 Å². The van der Waals surface area contributed by atoms with Crippen LogP contribution in [-0.2, 0) is 9.59 Å². The van der Waals surface area contributed by atoms with Gasteiger partial charge in [0, 0.05) is 6.42 Å². The molecule has 88 valence electrons. The number of carbonyl (C=O) groups is 2. The minimum atomic E-state index is -1.58. The van der Waals surface area contributed by atoms with Gasteiger partial charge in [-0.25, -0.2) is 0 Å². The molecule has 0 aromatic carbocycles. The summed E-state index contributed by atoms with van der Waals surface area (Å²) in [4.78, 5) is 23.2. The van der Waals surface area contributed by atoms with Crippen LogP contribution in [0.3, 0.4) is 0 Å². The van der Waals surface area contributed by atoms with Crippen LogP contribution in [0, 0.1) is 5.41 Å². The van der Waals surface area contributed by atoms with E-state index in [1.165, 1.54) is 0 Å². The number of carbonyl (C=O) groups excluding carboxylic acids is 2. The second-order valence-corrected chi connectivity index (χ2v) is 4.14. The van der Waals surface area contributed by atoms with Crippen LogP contribution in [0.4, 0.5) is 0 Å². The van der Waals surface area contributed by atoms with Crippen LogP contribution in [0.2, 0.25) is 0 Å². The molecule has 1 aliphatic carbocycles. The average molecular weight is 222 g/mol. The van der Waals surface area contributed by atoms with Gasteiger partial charge in [0.15, 0.2) is 5.78 Å². The van der Waals surface area contributed by atoms with E-state index in [0.717, 1.165) is 0 Å². The van der Waals surface area contributed by atoms with E-state index >= 15 is 0 Å². The van der Waals surface area contributed by atoms with Gasteiger partial charge in [0.05, 0.1) is 5.41 Å². The highest BCUT2D eigenvalue weighted by molar-refractivity contribution is 5.92. The second kappa shape index (κ2) is 4.74. The van der Waals surface area contributed by atoms with Crippen molar-refractivity contribution in [2.45, 2.75) is 38.7 Å². The number of hydrogen-bond acceptors (Lipinski definition) is 3. The van der Waals surface area contributed by atoms with E-state index in [9.17, 15) is 14.7 Å². The molecule has 1 aliphatic rings. The lowest BCUT2D eigenvalue weighted by atomic mass is 9.65. The summed E-state index contributed by atoms with van der Waals surface area (Å²) in [6.45, 7) is 3.43. The maximum atomic E-state index is 11.9. The fraction of sp³-hybridized carbons (Fsp3) is 0.538. The number of rotatable bonds is 5. The van der Waals surface area contributed by atoms with Crippen LogP contribution in [0.1, 0.15) is 33.1 Å². The van der Waals surface area contributed by atoms with E-state index in [4.69, 9.17) is 0 Å². The number of allylic oxidation sites excluding steroid dienone is 3. The molecule has 0 amide bonds. The highest BCUT2D eigenvalue weighted by Gasteiger charge is 2.51. The van der Waals surface area contributed by atoms with Gasteiger partial charge in [0.1, 0.15) is 11.9 Å². The number of ketones is 1. The van der Waals surface area contributed by atoms with Crippen LogP contribution in [0.15, 0.2) is 24.3 Å². The Hall–Kier alpha value is -1.22. The Morgan fingerprint density at radius 1 is 1.50 bits per heavy atom. The Labute approximate surface area is 95.9 Å². The molecule has 0 aliphatic heterocycles. The molecule has 0 heterocycles. The summed E-state index contributed by atoms with van der Waals surface area (Å²) < 4.78 is 0. The molecule has 0 unspecified atom stereocenters. The number of hydrogen-bond donors (Lipinski definition) is 1. The Kier molecular flexibility index (Phi) is 3.81. The van der Waals surface area contributed by atoms with Gasteiger partial charge in [-0.05, 0) is 12.8 Å². The highest BCUT2D eigenvalue weighted by Crippen LogP contribution is 2.40. The largest absolute Gasteiger partial charge is 0.381 e. The molecular weight excluding hydrogens is 204 g/mol. The SMILES string of the molecule is CCC(=O)[C@@](O)(CC)[C@]1(C=O)C=CC=CC1. The van der Waals surface area contributed by atoms with Crippen molar-refractivity contribution >= 4 is 12.1 Å². The molecule has 1 rings (SSSR count). The fourth-order valence-corrected chi connectivity index (χ4v) is 2.21. The lowest BCUT2D eigenvalue weighted by Crippen LogP contribution is -2.54. The third-order valence-corrected chi connectivity index (χ3v) is 3.37. The molecule has 0 bridgehead atoms. The average Bonchev–Trinajstić information content (AvgIpc) is 2.37.